The van der Waals surface area contributed by atoms with Gasteiger partial charge in [-0.05, 0) is 12.1 Å². The maximum Gasteiger partial charge on any atom is 0.292 e. The van der Waals surface area contributed by atoms with Crippen molar-refractivity contribution in [2.45, 2.75) is 12.5 Å². The van der Waals surface area contributed by atoms with E-state index < -0.39 is 0 Å². The van der Waals surface area contributed by atoms with Gasteiger partial charge in [-0.25, -0.2) is 4.90 Å². The molecule has 1 aromatic rings. The van der Waals surface area contributed by atoms with Crippen LogP contribution < -0.4 is 9.80 Å². The molecule has 3 rings (SSSR count). The van der Waals surface area contributed by atoms with Crippen molar-refractivity contribution in [3.8, 4) is 0 Å². The van der Waals surface area contributed by atoms with Crippen molar-refractivity contribution in [2.24, 2.45) is 0 Å². The van der Waals surface area contributed by atoms with Crippen LogP contribution in [0.1, 0.15) is 6.42 Å². The number of morpholine rings is 1. The van der Waals surface area contributed by atoms with Crippen LogP contribution in [0, 0.1) is 0 Å². The van der Waals surface area contributed by atoms with E-state index in [0.717, 1.165) is 13.1 Å². The molecule has 0 aliphatic carbocycles. The fraction of sp³-hybridized carbons (Fsp3) is 0.429. The van der Waals surface area contributed by atoms with E-state index in [2.05, 4.69) is 0 Å². The maximum atomic E-state index is 12.5. The summed E-state index contributed by atoms with van der Waals surface area (Å²) in [6.07, 6.45) is 0.309. The zero-order chi connectivity index (χ0) is 13.2. The Balaban J connectivity index is 1.81. The average Bonchev–Trinajstić information content (AvgIpc) is 2.76. The molecule has 2 heterocycles. The van der Waals surface area contributed by atoms with E-state index in [-0.39, 0.29) is 17.9 Å². The van der Waals surface area contributed by atoms with Crippen LogP contribution in [0.2, 0.25) is 0 Å². The van der Waals surface area contributed by atoms with Crippen molar-refractivity contribution < 1.29 is 19.2 Å². The lowest BCUT2D eigenvalue weighted by Gasteiger charge is -2.27. The van der Waals surface area contributed by atoms with Crippen LogP contribution in [0.4, 0.5) is 5.69 Å². The number of carbonyl (C=O) groups is 2. The van der Waals surface area contributed by atoms with E-state index in [1.54, 1.807) is 12.1 Å². The Morgan fingerprint density at radius 1 is 1.11 bits per heavy atom. The Morgan fingerprint density at radius 2 is 1.79 bits per heavy atom. The number of hydrogen-bond acceptors (Lipinski definition) is 3. The second-order valence-corrected chi connectivity index (χ2v) is 4.93. The molecule has 2 fully saturated rings. The highest BCUT2D eigenvalue weighted by atomic mass is 16.5. The predicted octanol–water partition coefficient (Wildman–Crippen LogP) is -0.766. The van der Waals surface area contributed by atoms with Gasteiger partial charge in [-0.15, -0.1) is 0 Å². The van der Waals surface area contributed by atoms with Crippen molar-refractivity contribution >= 4 is 17.5 Å². The summed E-state index contributed by atoms with van der Waals surface area (Å²) in [6.45, 7) is 2.93. The summed E-state index contributed by atoms with van der Waals surface area (Å²) >= 11 is 0. The van der Waals surface area contributed by atoms with Crippen molar-refractivity contribution in [2.75, 3.05) is 31.2 Å². The normalized spacial score (nSPS) is 25.1. The molecule has 1 N–H and O–H groups in total. The van der Waals surface area contributed by atoms with Crippen molar-refractivity contribution in [3.05, 3.63) is 30.3 Å². The smallest absolute Gasteiger partial charge is 0.292 e. The molecule has 1 unspecified atom stereocenters. The van der Waals surface area contributed by atoms with Crippen LogP contribution in [0.25, 0.3) is 0 Å². The summed E-state index contributed by atoms with van der Waals surface area (Å²) in [5.74, 6) is -0.173. The van der Waals surface area contributed by atoms with Gasteiger partial charge in [-0.3, -0.25) is 9.59 Å². The first kappa shape index (κ1) is 12.3. The first-order valence-corrected chi connectivity index (χ1v) is 6.61. The second kappa shape index (κ2) is 5.11. The molecule has 2 amide bonds. The van der Waals surface area contributed by atoms with Crippen molar-refractivity contribution in [1.82, 2.24) is 0 Å². The Morgan fingerprint density at radius 3 is 2.47 bits per heavy atom. The number of anilines is 1. The lowest BCUT2D eigenvalue weighted by atomic mass is 10.2. The zero-order valence-corrected chi connectivity index (χ0v) is 10.7. The van der Waals surface area contributed by atoms with E-state index in [9.17, 15) is 9.59 Å². The van der Waals surface area contributed by atoms with E-state index in [1.807, 2.05) is 18.2 Å². The minimum Gasteiger partial charge on any atom is -0.370 e. The largest absolute Gasteiger partial charge is 0.370 e. The molecular weight excluding hydrogens is 244 g/mol. The SMILES string of the molecule is O=C1CC([NH+]2CCOCC2)C(=O)N1c1ccccc1. The summed E-state index contributed by atoms with van der Waals surface area (Å²) in [6, 6.07) is 8.91. The number of hydrogen-bond donors (Lipinski definition) is 1. The summed E-state index contributed by atoms with van der Waals surface area (Å²) < 4.78 is 5.30. The molecule has 5 nitrogen and oxygen atoms in total. The number of nitrogens with zero attached hydrogens (tertiary/aromatic N) is 1. The van der Waals surface area contributed by atoms with Gasteiger partial charge in [-0.2, -0.15) is 0 Å². The average molecular weight is 261 g/mol. The van der Waals surface area contributed by atoms with Crippen LogP contribution in [0.3, 0.4) is 0 Å². The van der Waals surface area contributed by atoms with Gasteiger partial charge in [0.1, 0.15) is 13.1 Å². The minimum atomic E-state index is -0.239. The molecule has 1 atom stereocenters. The highest BCUT2D eigenvalue weighted by Crippen LogP contribution is 2.21. The monoisotopic (exact) mass is 261 g/mol. The van der Waals surface area contributed by atoms with Crippen LogP contribution in [0.15, 0.2) is 30.3 Å². The number of quaternary nitrogens is 1. The van der Waals surface area contributed by atoms with Crippen molar-refractivity contribution in [1.29, 1.82) is 0 Å². The molecule has 5 heteroatoms. The Bertz CT molecular complexity index is 483. The van der Waals surface area contributed by atoms with Gasteiger partial charge in [0.2, 0.25) is 5.91 Å². The van der Waals surface area contributed by atoms with Crippen LogP contribution >= 0.6 is 0 Å². The molecule has 0 bridgehead atoms. The fourth-order valence-electron chi connectivity index (χ4n) is 2.78. The highest BCUT2D eigenvalue weighted by molar-refractivity contribution is 6.21. The summed E-state index contributed by atoms with van der Waals surface area (Å²) in [7, 11) is 0. The highest BCUT2D eigenvalue weighted by Gasteiger charge is 2.45. The first-order chi connectivity index (χ1) is 9.27. The van der Waals surface area contributed by atoms with E-state index >= 15 is 0 Å². The van der Waals surface area contributed by atoms with E-state index in [4.69, 9.17) is 4.74 Å². The van der Waals surface area contributed by atoms with Crippen LogP contribution in [-0.2, 0) is 14.3 Å². The summed E-state index contributed by atoms with van der Waals surface area (Å²) in [4.78, 5) is 27.1. The Hall–Kier alpha value is -1.72. The molecule has 0 saturated carbocycles. The molecule has 0 radical (unpaired) electrons. The fourth-order valence-corrected chi connectivity index (χ4v) is 2.78. The maximum absolute atomic E-state index is 12.5. The molecule has 0 spiro atoms. The number of rotatable bonds is 2. The third kappa shape index (κ3) is 2.27. The Labute approximate surface area is 111 Å². The van der Waals surface area contributed by atoms with Gasteiger partial charge >= 0.3 is 0 Å². The summed E-state index contributed by atoms with van der Waals surface area (Å²) in [5, 5.41) is 0. The lowest BCUT2D eigenvalue weighted by Crippen LogP contribution is -3.18. The standard InChI is InChI=1S/C14H16N2O3/c17-13-10-12(15-6-8-19-9-7-15)14(18)16(13)11-4-2-1-3-5-11/h1-5,12H,6-10H2/p+1. The number of nitrogens with one attached hydrogen (secondary N) is 1. The molecule has 2 aliphatic rings. The third-order valence-electron chi connectivity index (χ3n) is 3.79. The molecule has 2 aliphatic heterocycles. The molecule has 19 heavy (non-hydrogen) atoms. The predicted molar refractivity (Wildman–Crippen MR) is 68.9 cm³/mol. The molecule has 100 valence electrons. The number of imide groups is 1. The third-order valence-corrected chi connectivity index (χ3v) is 3.79. The number of ether oxygens (including phenoxy) is 1. The van der Waals surface area contributed by atoms with Gasteiger partial charge in [0.05, 0.1) is 25.3 Å². The first-order valence-electron chi connectivity index (χ1n) is 6.61. The van der Waals surface area contributed by atoms with Gasteiger partial charge in [0, 0.05) is 0 Å². The lowest BCUT2D eigenvalue weighted by molar-refractivity contribution is -0.922. The number of benzene rings is 1. The molecule has 2 saturated heterocycles. The van der Waals surface area contributed by atoms with Gasteiger partial charge in [0.25, 0.3) is 5.91 Å². The van der Waals surface area contributed by atoms with Gasteiger partial charge in [-0.1, -0.05) is 18.2 Å². The molecule has 1 aromatic carbocycles. The van der Waals surface area contributed by atoms with Crippen molar-refractivity contribution in [3.63, 3.8) is 0 Å². The van der Waals surface area contributed by atoms with Crippen LogP contribution in [-0.4, -0.2) is 44.2 Å². The Kier molecular flexibility index (Phi) is 3.31. The quantitative estimate of drug-likeness (QED) is 0.712. The second-order valence-electron chi connectivity index (χ2n) is 4.93. The number of carbonyl (C=O) groups excluding carboxylic acids is 2. The van der Waals surface area contributed by atoms with E-state index in [0.29, 0.717) is 25.3 Å². The van der Waals surface area contributed by atoms with E-state index in [1.165, 1.54) is 9.80 Å². The summed E-state index contributed by atoms with van der Waals surface area (Å²) in [5.41, 5.74) is 0.674. The minimum absolute atomic E-state index is 0.0758. The molecular formula is C14H17N2O3+. The number of para-hydroxylation sites is 1. The van der Waals surface area contributed by atoms with Gasteiger partial charge < -0.3 is 9.64 Å². The molecule has 0 aromatic heterocycles. The number of amides is 2. The topological polar surface area (TPSA) is 51.1 Å². The zero-order valence-electron chi connectivity index (χ0n) is 10.7. The van der Waals surface area contributed by atoms with Crippen LogP contribution in [0.5, 0.6) is 0 Å². The van der Waals surface area contributed by atoms with Gasteiger partial charge in [0.15, 0.2) is 6.04 Å².